The zero-order valence-electron chi connectivity index (χ0n) is 18.6. The van der Waals surface area contributed by atoms with E-state index in [0.29, 0.717) is 5.69 Å². The van der Waals surface area contributed by atoms with E-state index < -0.39 is 10.0 Å². The lowest BCUT2D eigenvalue weighted by Gasteiger charge is -2.30. The van der Waals surface area contributed by atoms with Crippen molar-refractivity contribution in [1.29, 1.82) is 0 Å². The number of sulfonamides is 1. The molecule has 1 aliphatic carbocycles. The van der Waals surface area contributed by atoms with Crippen LogP contribution in [0.1, 0.15) is 48.5 Å². The van der Waals surface area contributed by atoms with Gasteiger partial charge in [-0.1, -0.05) is 19.1 Å². The summed E-state index contributed by atoms with van der Waals surface area (Å²) < 4.78 is 33.2. The van der Waals surface area contributed by atoms with Crippen molar-refractivity contribution in [2.45, 2.75) is 50.1 Å². The quantitative estimate of drug-likeness (QED) is 0.632. The molecule has 2 aliphatic rings. The predicted molar refractivity (Wildman–Crippen MR) is 124 cm³/mol. The fraction of sp³-hybridized carbons (Fsp3) is 0.458. The minimum Gasteiger partial charge on any atom is -0.495 e. The maximum atomic E-state index is 12.8. The molecule has 0 bridgehead atoms. The van der Waals surface area contributed by atoms with E-state index >= 15 is 0 Å². The van der Waals surface area contributed by atoms with Crippen LogP contribution in [0.2, 0.25) is 0 Å². The number of hydrogen-bond donors (Lipinski definition) is 2. The first-order valence-corrected chi connectivity index (χ1v) is 12.7. The summed E-state index contributed by atoms with van der Waals surface area (Å²) in [6.07, 6.45) is 4.19. The van der Waals surface area contributed by atoms with Gasteiger partial charge in [-0.3, -0.25) is 9.69 Å². The molecule has 2 fully saturated rings. The second kappa shape index (κ2) is 9.60. The van der Waals surface area contributed by atoms with Gasteiger partial charge in [-0.25, -0.2) is 13.1 Å². The molecule has 2 N–H and O–H groups in total. The smallest absolute Gasteiger partial charge is 0.255 e. The molecule has 0 spiro atoms. The summed E-state index contributed by atoms with van der Waals surface area (Å²) in [5.41, 5.74) is 2.14. The molecule has 0 aromatic heterocycles. The third kappa shape index (κ3) is 5.68. The van der Waals surface area contributed by atoms with Crippen molar-refractivity contribution in [2.24, 2.45) is 5.92 Å². The summed E-state index contributed by atoms with van der Waals surface area (Å²) >= 11 is 0. The number of methoxy groups -OCH3 is 1. The van der Waals surface area contributed by atoms with Crippen LogP contribution in [0.25, 0.3) is 0 Å². The second-order valence-corrected chi connectivity index (χ2v) is 10.6. The standard InChI is InChI=1S/C24H31N3O4S/c1-17-4-3-13-27(15-17)16-18-5-8-20(9-6-18)25-24(28)19-7-12-22(31-2)23(14-19)32(29,30)26-21-10-11-21/h5-9,12,14,17,21,26H,3-4,10-11,13,15-16H2,1-2H3,(H,25,28). The number of ether oxygens (including phenoxy) is 1. The van der Waals surface area contributed by atoms with E-state index in [1.807, 2.05) is 24.3 Å². The fourth-order valence-corrected chi connectivity index (χ4v) is 5.60. The second-order valence-electron chi connectivity index (χ2n) is 8.89. The number of nitrogens with one attached hydrogen (secondary N) is 2. The average Bonchev–Trinajstić information content (AvgIpc) is 3.58. The van der Waals surface area contributed by atoms with Gasteiger partial charge in [0.15, 0.2) is 0 Å². The molecule has 1 atom stereocenters. The maximum Gasteiger partial charge on any atom is 0.255 e. The van der Waals surface area contributed by atoms with E-state index in [4.69, 9.17) is 4.74 Å². The Labute approximate surface area is 190 Å². The van der Waals surface area contributed by atoms with Gasteiger partial charge in [0.25, 0.3) is 5.91 Å². The number of nitrogens with zero attached hydrogens (tertiary/aromatic N) is 1. The van der Waals surface area contributed by atoms with E-state index in [-0.39, 0.29) is 28.2 Å². The molecule has 1 aliphatic heterocycles. The molecule has 32 heavy (non-hydrogen) atoms. The summed E-state index contributed by atoms with van der Waals surface area (Å²) in [7, 11) is -2.34. The molecule has 7 nitrogen and oxygen atoms in total. The van der Waals surface area contributed by atoms with Crippen molar-refractivity contribution < 1.29 is 17.9 Å². The Morgan fingerprint density at radius 3 is 2.53 bits per heavy atom. The molecule has 0 radical (unpaired) electrons. The SMILES string of the molecule is COc1ccc(C(=O)Nc2ccc(CN3CCCC(C)C3)cc2)cc1S(=O)(=O)NC1CC1. The number of hydrogen-bond acceptors (Lipinski definition) is 5. The molecule has 4 rings (SSSR count). The van der Waals surface area contributed by atoms with Gasteiger partial charge in [-0.2, -0.15) is 0 Å². The van der Waals surface area contributed by atoms with Gasteiger partial charge in [0.2, 0.25) is 10.0 Å². The molecule has 2 aromatic rings. The van der Waals surface area contributed by atoms with Crippen LogP contribution in [0.15, 0.2) is 47.4 Å². The molecule has 1 saturated heterocycles. The zero-order valence-corrected chi connectivity index (χ0v) is 19.5. The van der Waals surface area contributed by atoms with Crippen molar-refractivity contribution in [3.63, 3.8) is 0 Å². The molecule has 1 unspecified atom stereocenters. The lowest BCUT2D eigenvalue weighted by atomic mass is 10.00. The van der Waals surface area contributed by atoms with Crippen LogP contribution in [-0.4, -0.2) is 45.5 Å². The highest BCUT2D eigenvalue weighted by Crippen LogP contribution is 2.28. The van der Waals surface area contributed by atoms with Gasteiger partial charge in [-0.05, 0) is 74.0 Å². The zero-order chi connectivity index (χ0) is 22.7. The first-order valence-electron chi connectivity index (χ1n) is 11.2. The fourth-order valence-electron chi connectivity index (χ4n) is 4.10. The summed E-state index contributed by atoms with van der Waals surface area (Å²) in [5.74, 6) is 0.583. The molecule has 172 valence electrons. The normalized spacial score (nSPS) is 19.5. The van der Waals surface area contributed by atoms with Crippen molar-refractivity contribution in [3.05, 3.63) is 53.6 Å². The van der Waals surface area contributed by atoms with Gasteiger partial charge in [-0.15, -0.1) is 0 Å². The van der Waals surface area contributed by atoms with E-state index in [1.165, 1.54) is 37.6 Å². The molecule has 1 heterocycles. The predicted octanol–water partition coefficient (Wildman–Crippen LogP) is 3.62. The van der Waals surface area contributed by atoms with Crippen LogP contribution in [0.4, 0.5) is 5.69 Å². The monoisotopic (exact) mass is 457 g/mol. The average molecular weight is 458 g/mol. The highest BCUT2D eigenvalue weighted by atomic mass is 32.2. The van der Waals surface area contributed by atoms with Crippen molar-refractivity contribution >= 4 is 21.6 Å². The largest absolute Gasteiger partial charge is 0.495 e. The molecule has 1 saturated carbocycles. The number of benzene rings is 2. The van der Waals surface area contributed by atoms with Gasteiger partial charge in [0, 0.05) is 30.4 Å². The van der Waals surface area contributed by atoms with Crippen LogP contribution >= 0.6 is 0 Å². The third-order valence-electron chi connectivity index (χ3n) is 5.97. The molecule has 8 heteroatoms. The van der Waals surface area contributed by atoms with Gasteiger partial charge in [0.05, 0.1) is 7.11 Å². The van der Waals surface area contributed by atoms with Crippen LogP contribution in [0, 0.1) is 5.92 Å². The Kier molecular flexibility index (Phi) is 6.83. The summed E-state index contributed by atoms with van der Waals surface area (Å²) in [5, 5.41) is 2.86. The Morgan fingerprint density at radius 2 is 1.88 bits per heavy atom. The van der Waals surface area contributed by atoms with Crippen molar-refractivity contribution in [1.82, 2.24) is 9.62 Å². The number of piperidine rings is 1. The molecule has 2 aromatic carbocycles. The molecule has 1 amide bonds. The summed E-state index contributed by atoms with van der Waals surface area (Å²) in [6.45, 7) is 5.45. The first-order chi connectivity index (χ1) is 15.3. The van der Waals surface area contributed by atoms with Crippen molar-refractivity contribution in [3.8, 4) is 5.75 Å². The molecular weight excluding hydrogens is 426 g/mol. The Bertz CT molecular complexity index is 1070. The highest BCUT2D eigenvalue weighted by Gasteiger charge is 2.30. The number of anilines is 1. The van der Waals surface area contributed by atoms with Gasteiger partial charge in [0.1, 0.15) is 10.6 Å². The van der Waals surface area contributed by atoms with Crippen LogP contribution in [0.5, 0.6) is 5.75 Å². The summed E-state index contributed by atoms with van der Waals surface area (Å²) in [4.78, 5) is 15.2. The lowest BCUT2D eigenvalue weighted by molar-refractivity contribution is 0.102. The Hall–Kier alpha value is -2.42. The number of amides is 1. The van der Waals surface area contributed by atoms with Crippen LogP contribution < -0.4 is 14.8 Å². The minimum atomic E-state index is -3.75. The Balaban J connectivity index is 1.43. The van der Waals surface area contributed by atoms with Gasteiger partial charge >= 0.3 is 0 Å². The van der Waals surface area contributed by atoms with E-state index in [0.717, 1.165) is 38.4 Å². The van der Waals surface area contributed by atoms with Gasteiger partial charge < -0.3 is 10.1 Å². The van der Waals surface area contributed by atoms with E-state index in [9.17, 15) is 13.2 Å². The maximum absolute atomic E-state index is 12.8. The van der Waals surface area contributed by atoms with Crippen LogP contribution in [0.3, 0.4) is 0 Å². The molecular formula is C24H31N3O4S. The highest BCUT2D eigenvalue weighted by molar-refractivity contribution is 7.89. The number of carbonyl (C=O) groups excluding carboxylic acids is 1. The number of likely N-dealkylation sites (tertiary alicyclic amines) is 1. The lowest BCUT2D eigenvalue weighted by Crippen LogP contribution is -2.33. The topological polar surface area (TPSA) is 87.7 Å². The number of rotatable bonds is 8. The summed E-state index contributed by atoms with van der Waals surface area (Å²) in [6, 6.07) is 12.2. The Morgan fingerprint density at radius 1 is 1.12 bits per heavy atom. The minimum absolute atomic E-state index is 0.0225. The van der Waals surface area contributed by atoms with Crippen LogP contribution in [-0.2, 0) is 16.6 Å². The first kappa shape index (κ1) is 22.8. The van der Waals surface area contributed by atoms with E-state index in [2.05, 4.69) is 21.9 Å². The number of carbonyl (C=O) groups is 1. The van der Waals surface area contributed by atoms with E-state index in [1.54, 1.807) is 6.07 Å². The third-order valence-corrected chi connectivity index (χ3v) is 7.52. The van der Waals surface area contributed by atoms with Crippen molar-refractivity contribution in [2.75, 3.05) is 25.5 Å².